The van der Waals surface area contributed by atoms with Crippen molar-refractivity contribution in [3.63, 3.8) is 0 Å². The first-order valence-corrected chi connectivity index (χ1v) is 9.20. The van der Waals surface area contributed by atoms with Crippen molar-refractivity contribution in [3.05, 3.63) is 60.2 Å². The number of fused-ring (bicyclic) bond motifs is 1. The second-order valence-corrected chi connectivity index (χ2v) is 6.83. The Morgan fingerprint density at radius 2 is 2.17 bits per heavy atom. The minimum absolute atomic E-state index is 0.272. The third-order valence-electron chi connectivity index (χ3n) is 4.70. The minimum atomic E-state index is -0.281. The molecule has 0 saturated carbocycles. The van der Waals surface area contributed by atoms with Gasteiger partial charge in [0.1, 0.15) is 12.0 Å². The molecular formula is C20H17N7O3. The van der Waals surface area contributed by atoms with Crippen LogP contribution in [0.15, 0.2) is 51.9 Å². The van der Waals surface area contributed by atoms with Crippen molar-refractivity contribution in [1.29, 1.82) is 0 Å². The van der Waals surface area contributed by atoms with Crippen LogP contribution in [0.3, 0.4) is 0 Å². The summed E-state index contributed by atoms with van der Waals surface area (Å²) < 4.78 is 11.8. The molecule has 10 nitrogen and oxygen atoms in total. The molecule has 0 unspecified atom stereocenters. The number of amides is 1. The van der Waals surface area contributed by atoms with Crippen LogP contribution >= 0.6 is 0 Å². The van der Waals surface area contributed by atoms with Gasteiger partial charge in [0, 0.05) is 23.5 Å². The van der Waals surface area contributed by atoms with Crippen LogP contribution in [-0.2, 0) is 13.6 Å². The molecule has 0 aliphatic carbocycles. The van der Waals surface area contributed by atoms with Gasteiger partial charge in [0.15, 0.2) is 17.9 Å². The average molecular weight is 403 g/mol. The van der Waals surface area contributed by atoms with Gasteiger partial charge in [0.2, 0.25) is 0 Å². The Kier molecular flexibility index (Phi) is 4.16. The van der Waals surface area contributed by atoms with Crippen LogP contribution in [0.2, 0.25) is 0 Å². The van der Waals surface area contributed by atoms with Crippen molar-refractivity contribution in [2.24, 2.45) is 7.05 Å². The summed E-state index contributed by atoms with van der Waals surface area (Å²) in [5, 5.41) is 11.9. The number of carbonyl (C=O) groups excluding carboxylic acids is 1. The van der Waals surface area contributed by atoms with E-state index < -0.39 is 0 Å². The van der Waals surface area contributed by atoms with Gasteiger partial charge in [-0.3, -0.25) is 9.48 Å². The number of H-pyrrole nitrogens is 1. The summed E-state index contributed by atoms with van der Waals surface area (Å²) in [5.41, 5.74) is 4.41. The number of oxazole rings is 1. The minimum Gasteiger partial charge on any atom is -0.451 e. The number of nitrogens with one attached hydrogen (secondary N) is 2. The molecule has 0 radical (unpaired) electrons. The molecule has 5 aromatic rings. The zero-order valence-electron chi connectivity index (χ0n) is 16.2. The molecule has 0 fully saturated rings. The molecule has 2 N–H and O–H groups in total. The normalized spacial score (nSPS) is 11.3. The summed E-state index contributed by atoms with van der Waals surface area (Å²) in [5.74, 6) is 0.738. The van der Waals surface area contributed by atoms with Crippen LogP contribution in [0.4, 0.5) is 0 Å². The predicted molar refractivity (Wildman–Crippen MR) is 106 cm³/mol. The first-order valence-electron chi connectivity index (χ1n) is 9.20. The molecule has 4 heterocycles. The molecule has 0 aliphatic rings. The van der Waals surface area contributed by atoms with E-state index in [0.29, 0.717) is 23.1 Å². The number of carbonyl (C=O) groups is 1. The van der Waals surface area contributed by atoms with E-state index in [1.165, 1.54) is 12.7 Å². The maximum Gasteiger partial charge on any atom is 0.274 e. The second kappa shape index (κ2) is 6.99. The summed E-state index contributed by atoms with van der Waals surface area (Å²) in [6, 6.07) is 9.67. The van der Waals surface area contributed by atoms with E-state index in [9.17, 15) is 4.79 Å². The molecule has 0 bridgehead atoms. The zero-order valence-corrected chi connectivity index (χ0v) is 16.2. The van der Waals surface area contributed by atoms with Gasteiger partial charge in [-0.1, -0.05) is 11.2 Å². The molecule has 0 aliphatic heterocycles. The van der Waals surface area contributed by atoms with Crippen LogP contribution in [0, 0.1) is 6.92 Å². The van der Waals surface area contributed by atoms with Gasteiger partial charge in [-0.25, -0.2) is 4.98 Å². The predicted octanol–water partition coefficient (Wildman–Crippen LogP) is 2.84. The maximum atomic E-state index is 12.4. The fourth-order valence-corrected chi connectivity index (χ4v) is 3.25. The smallest absolute Gasteiger partial charge is 0.274 e. The molecule has 0 spiro atoms. The number of hydrogen-bond acceptors (Lipinski definition) is 7. The molecule has 5 rings (SSSR count). The number of aryl methyl sites for hydroxylation is 2. The lowest BCUT2D eigenvalue weighted by molar-refractivity contribution is 0.0944. The zero-order chi connectivity index (χ0) is 20.7. The van der Waals surface area contributed by atoms with E-state index in [4.69, 9.17) is 8.94 Å². The van der Waals surface area contributed by atoms with E-state index in [-0.39, 0.29) is 12.5 Å². The van der Waals surface area contributed by atoms with Gasteiger partial charge in [0.05, 0.1) is 17.9 Å². The molecule has 30 heavy (non-hydrogen) atoms. The molecule has 150 valence electrons. The summed E-state index contributed by atoms with van der Waals surface area (Å²) >= 11 is 0. The molecule has 0 saturated heterocycles. The van der Waals surface area contributed by atoms with Gasteiger partial charge in [-0.2, -0.15) is 10.1 Å². The number of hydrogen-bond donors (Lipinski definition) is 2. The molecule has 0 atom stereocenters. The number of benzene rings is 1. The fraction of sp³-hybridized carbons (Fsp3) is 0.150. The standard InChI is InChI=1S/C20H17N7O3/c1-11-23-20(30-26-11)17-6-13-5-12(3-4-15(13)24-17)18-7-16(25-27(18)2)19(28)21-8-14-9-29-10-22-14/h3-7,9-10,24H,8H2,1-2H3,(H,21,28). The van der Waals surface area contributed by atoms with Gasteiger partial charge in [0.25, 0.3) is 11.8 Å². The number of rotatable bonds is 5. The highest BCUT2D eigenvalue weighted by Crippen LogP contribution is 2.28. The monoisotopic (exact) mass is 403 g/mol. The quantitative estimate of drug-likeness (QED) is 0.462. The van der Waals surface area contributed by atoms with E-state index in [1.54, 1.807) is 24.7 Å². The highest BCUT2D eigenvalue weighted by molar-refractivity contribution is 5.94. The molecule has 4 aromatic heterocycles. The van der Waals surface area contributed by atoms with Gasteiger partial charge in [-0.15, -0.1) is 0 Å². The third kappa shape index (κ3) is 3.24. The lowest BCUT2D eigenvalue weighted by Crippen LogP contribution is -2.23. The Hall–Kier alpha value is -4.21. The van der Waals surface area contributed by atoms with E-state index in [2.05, 4.69) is 30.5 Å². The third-order valence-corrected chi connectivity index (χ3v) is 4.70. The summed E-state index contributed by atoms with van der Waals surface area (Å²) in [6.07, 6.45) is 2.81. The van der Waals surface area contributed by atoms with E-state index >= 15 is 0 Å². The van der Waals surface area contributed by atoms with Crippen molar-refractivity contribution in [2.45, 2.75) is 13.5 Å². The lowest BCUT2D eigenvalue weighted by Gasteiger charge is -2.01. The SMILES string of the molecule is Cc1noc(-c2cc3cc(-c4cc(C(=O)NCc5cocn5)nn4C)ccc3[nH]2)n1. The van der Waals surface area contributed by atoms with Crippen LogP contribution in [0.1, 0.15) is 22.0 Å². The van der Waals surface area contributed by atoms with Crippen LogP contribution < -0.4 is 5.32 Å². The van der Waals surface area contributed by atoms with Crippen molar-refractivity contribution in [2.75, 3.05) is 0 Å². The van der Waals surface area contributed by atoms with Crippen molar-refractivity contribution >= 4 is 16.8 Å². The summed E-state index contributed by atoms with van der Waals surface area (Å²) in [7, 11) is 1.80. The highest BCUT2D eigenvalue weighted by Gasteiger charge is 2.16. The van der Waals surface area contributed by atoms with Crippen LogP contribution in [0.25, 0.3) is 33.7 Å². The molecule has 1 aromatic carbocycles. The van der Waals surface area contributed by atoms with Crippen molar-refractivity contribution < 1.29 is 13.7 Å². The Morgan fingerprint density at radius 1 is 1.27 bits per heavy atom. The first-order chi connectivity index (χ1) is 14.6. The number of aromatic nitrogens is 6. The molecular weight excluding hydrogens is 386 g/mol. The molecule has 10 heteroatoms. The Morgan fingerprint density at radius 3 is 2.93 bits per heavy atom. The second-order valence-electron chi connectivity index (χ2n) is 6.83. The van der Waals surface area contributed by atoms with Gasteiger partial charge >= 0.3 is 0 Å². The number of aromatic amines is 1. The summed E-state index contributed by atoms with van der Waals surface area (Å²) in [6.45, 7) is 2.05. The lowest BCUT2D eigenvalue weighted by atomic mass is 10.1. The topological polar surface area (TPSA) is 128 Å². The average Bonchev–Trinajstić information content (AvgIpc) is 3.51. The van der Waals surface area contributed by atoms with Gasteiger partial charge < -0.3 is 19.2 Å². The summed E-state index contributed by atoms with van der Waals surface area (Å²) in [4.78, 5) is 23.9. The molecule has 1 amide bonds. The van der Waals surface area contributed by atoms with Crippen molar-refractivity contribution in [3.8, 4) is 22.8 Å². The number of nitrogens with zero attached hydrogens (tertiary/aromatic N) is 5. The Bertz CT molecular complexity index is 1340. The Balaban J connectivity index is 1.41. The van der Waals surface area contributed by atoms with E-state index in [1.807, 2.05) is 24.3 Å². The van der Waals surface area contributed by atoms with E-state index in [0.717, 1.165) is 27.9 Å². The largest absolute Gasteiger partial charge is 0.451 e. The fourth-order valence-electron chi connectivity index (χ4n) is 3.25. The first kappa shape index (κ1) is 17.9. The maximum absolute atomic E-state index is 12.4. The van der Waals surface area contributed by atoms with Gasteiger partial charge in [-0.05, 0) is 31.2 Å². The van der Waals surface area contributed by atoms with Crippen LogP contribution in [0.5, 0.6) is 0 Å². The highest BCUT2D eigenvalue weighted by atomic mass is 16.5. The van der Waals surface area contributed by atoms with Crippen molar-refractivity contribution in [1.82, 2.24) is 35.2 Å². The van der Waals surface area contributed by atoms with Crippen LogP contribution in [-0.4, -0.2) is 35.8 Å². The Labute approximate surface area is 169 Å².